The molecule has 0 aliphatic rings. The number of amides is 2. The highest BCUT2D eigenvalue weighted by molar-refractivity contribution is 7.92. The van der Waals surface area contributed by atoms with Gasteiger partial charge in [0.25, 0.3) is 10.0 Å². The largest absolute Gasteiger partial charge is 0.494 e. The second-order valence-electron chi connectivity index (χ2n) is 10.3. The number of benzene rings is 4. The van der Waals surface area contributed by atoms with Crippen molar-refractivity contribution in [1.82, 2.24) is 10.2 Å². The van der Waals surface area contributed by atoms with Crippen molar-refractivity contribution in [1.29, 1.82) is 0 Å². The Hall–Kier alpha value is -4.12. The van der Waals surface area contributed by atoms with Gasteiger partial charge < -0.3 is 15.0 Å². The number of nitrogens with zero attached hydrogens (tertiary/aromatic N) is 2. The van der Waals surface area contributed by atoms with Crippen molar-refractivity contribution in [3.05, 3.63) is 124 Å². The van der Waals surface area contributed by atoms with Gasteiger partial charge in [0.15, 0.2) is 0 Å². The molecule has 0 saturated heterocycles. The molecule has 0 spiro atoms. The van der Waals surface area contributed by atoms with Crippen molar-refractivity contribution >= 4 is 50.7 Å². The maximum Gasteiger partial charge on any atom is 0.264 e. The van der Waals surface area contributed by atoms with E-state index in [4.69, 9.17) is 27.9 Å². The number of ether oxygens (including phenoxy) is 1. The van der Waals surface area contributed by atoms with E-state index in [1.54, 1.807) is 37.3 Å². The molecular weight excluding hydrogens is 652 g/mol. The van der Waals surface area contributed by atoms with Crippen LogP contribution in [0.1, 0.15) is 25.0 Å². The second-order valence-corrected chi connectivity index (χ2v) is 12.9. The van der Waals surface area contributed by atoms with E-state index in [9.17, 15) is 22.4 Å². The van der Waals surface area contributed by atoms with E-state index < -0.39 is 40.2 Å². The van der Waals surface area contributed by atoms with Crippen LogP contribution < -0.4 is 14.4 Å². The van der Waals surface area contributed by atoms with Gasteiger partial charge >= 0.3 is 0 Å². The molecule has 4 aromatic carbocycles. The van der Waals surface area contributed by atoms with Gasteiger partial charge in [-0.15, -0.1) is 0 Å². The summed E-state index contributed by atoms with van der Waals surface area (Å²) in [5, 5.41) is 3.39. The van der Waals surface area contributed by atoms with Crippen molar-refractivity contribution < 1.29 is 27.1 Å². The summed E-state index contributed by atoms with van der Waals surface area (Å²) in [6, 6.07) is 23.6. The third-order valence-electron chi connectivity index (χ3n) is 7.08. The van der Waals surface area contributed by atoms with Crippen LogP contribution in [0.5, 0.6) is 5.75 Å². The number of hydrogen-bond acceptors (Lipinski definition) is 5. The van der Waals surface area contributed by atoms with Crippen LogP contribution in [-0.4, -0.2) is 50.9 Å². The fraction of sp³-hybridized carbons (Fsp3) is 0.235. The molecule has 0 heterocycles. The molecule has 1 atom stereocenters. The summed E-state index contributed by atoms with van der Waals surface area (Å²) < 4.78 is 48.3. The van der Waals surface area contributed by atoms with Gasteiger partial charge in [0.2, 0.25) is 11.8 Å². The minimum Gasteiger partial charge on any atom is -0.494 e. The monoisotopic (exact) mass is 685 g/mol. The maximum absolute atomic E-state index is 14.4. The number of rotatable bonds is 14. The number of sulfonamides is 1. The molecule has 4 aromatic rings. The highest BCUT2D eigenvalue weighted by atomic mass is 35.5. The average Bonchev–Trinajstić information content (AvgIpc) is 3.04. The van der Waals surface area contributed by atoms with Crippen molar-refractivity contribution in [2.24, 2.45) is 0 Å². The maximum atomic E-state index is 14.4. The number of carbonyl (C=O) groups excluding carboxylic acids is 2. The van der Waals surface area contributed by atoms with Crippen LogP contribution >= 0.6 is 23.2 Å². The summed E-state index contributed by atoms with van der Waals surface area (Å²) in [6.45, 7) is 3.57. The Bertz CT molecular complexity index is 1740. The molecule has 12 heteroatoms. The highest BCUT2D eigenvalue weighted by Gasteiger charge is 2.34. The third-order valence-corrected chi connectivity index (χ3v) is 9.60. The van der Waals surface area contributed by atoms with Crippen molar-refractivity contribution in [3.8, 4) is 5.75 Å². The number of halogens is 3. The van der Waals surface area contributed by atoms with E-state index in [0.717, 1.165) is 34.1 Å². The van der Waals surface area contributed by atoms with Crippen LogP contribution in [0.3, 0.4) is 0 Å². The SMILES string of the molecule is CCNC(=O)[C@@H](Cc1ccccc1)N(Cc1ccc(Cl)c(Cl)c1)C(=O)CN(c1ccc(OCC)cc1)S(=O)(=O)c1ccc(F)cc1. The fourth-order valence-corrected chi connectivity index (χ4v) is 6.55. The van der Waals surface area contributed by atoms with Gasteiger partial charge in [0.05, 0.1) is 27.2 Å². The molecule has 0 aliphatic heterocycles. The van der Waals surface area contributed by atoms with E-state index in [2.05, 4.69) is 5.32 Å². The molecule has 4 rings (SSSR count). The molecule has 2 amide bonds. The van der Waals surface area contributed by atoms with Crippen molar-refractivity contribution in [2.45, 2.75) is 37.8 Å². The van der Waals surface area contributed by atoms with Gasteiger partial charge in [-0.1, -0.05) is 59.6 Å². The Balaban J connectivity index is 1.80. The lowest BCUT2D eigenvalue weighted by Gasteiger charge is -2.34. The highest BCUT2D eigenvalue weighted by Crippen LogP contribution is 2.28. The third kappa shape index (κ3) is 8.78. The van der Waals surface area contributed by atoms with Crippen LogP contribution in [0.15, 0.2) is 102 Å². The lowest BCUT2D eigenvalue weighted by atomic mass is 10.0. The molecule has 242 valence electrons. The van der Waals surface area contributed by atoms with Crippen LogP contribution in [0.4, 0.5) is 10.1 Å². The molecule has 0 bridgehead atoms. The van der Waals surface area contributed by atoms with E-state index >= 15 is 0 Å². The second kappa shape index (κ2) is 15.9. The molecule has 0 aromatic heterocycles. The first kappa shape index (κ1) is 34.7. The topological polar surface area (TPSA) is 96.0 Å². The summed E-state index contributed by atoms with van der Waals surface area (Å²) in [4.78, 5) is 29.1. The normalized spacial score (nSPS) is 11.8. The zero-order valence-corrected chi connectivity index (χ0v) is 27.7. The Morgan fingerprint density at radius 3 is 2.15 bits per heavy atom. The van der Waals surface area contributed by atoms with Crippen LogP contribution in [-0.2, 0) is 32.6 Å². The molecule has 0 saturated carbocycles. The minimum absolute atomic E-state index is 0.0714. The van der Waals surface area contributed by atoms with Crippen molar-refractivity contribution in [2.75, 3.05) is 24.0 Å². The predicted octanol–water partition coefficient (Wildman–Crippen LogP) is 6.50. The average molecular weight is 687 g/mol. The van der Waals surface area contributed by atoms with E-state index in [0.29, 0.717) is 29.5 Å². The van der Waals surface area contributed by atoms with Gasteiger partial charge in [0, 0.05) is 19.5 Å². The molecule has 0 radical (unpaired) electrons. The van der Waals surface area contributed by atoms with Crippen LogP contribution in [0.2, 0.25) is 10.0 Å². The van der Waals surface area contributed by atoms with Crippen molar-refractivity contribution in [3.63, 3.8) is 0 Å². The predicted molar refractivity (Wildman–Crippen MR) is 178 cm³/mol. The number of anilines is 1. The zero-order valence-electron chi connectivity index (χ0n) is 25.3. The minimum atomic E-state index is -4.39. The van der Waals surface area contributed by atoms with Gasteiger partial charge in [-0.05, 0) is 85.6 Å². The lowest BCUT2D eigenvalue weighted by molar-refractivity contribution is -0.140. The fourth-order valence-electron chi connectivity index (χ4n) is 4.82. The van der Waals surface area contributed by atoms with Gasteiger partial charge in [0.1, 0.15) is 24.2 Å². The number of hydrogen-bond donors (Lipinski definition) is 1. The summed E-state index contributed by atoms with van der Waals surface area (Å²) >= 11 is 12.4. The summed E-state index contributed by atoms with van der Waals surface area (Å²) in [6.07, 6.45) is 0.160. The molecule has 0 aliphatic carbocycles. The Labute approximate surface area is 278 Å². The number of likely N-dealkylation sites (N-methyl/N-ethyl adjacent to an activating group) is 1. The zero-order chi connectivity index (χ0) is 33.3. The van der Waals surface area contributed by atoms with Gasteiger partial charge in [-0.2, -0.15) is 0 Å². The summed E-state index contributed by atoms with van der Waals surface area (Å²) in [5.74, 6) is -1.16. The number of carbonyl (C=O) groups is 2. The molecule has 8 nitrogen and oxygen atoms in total. The Morgan fingerprint density at radius 2 is 1.54 bits per heavy atom. The van der Waals surface area contributed by atoms with E-state index in [1.165, 1.54) is 17.0 Å². The Morgan fingerprint density at radius 1 is 0.870 bits per heavy atom. The van der Waals surface area contributed by atoms with E-state index in [1.807, 2.05) is 37.3 Å². The van der Waals surface area contributed by atoms with E-state index in [-0.39, 0.29) is 28.6 Å². The smallest absolute Gasteiger partial charge is 0.264 e. The Kier molecular flexibility index (Phi) is 12.0. The first-order valence-electron chi connectivity index (χ1n) is 14.6. The standard InChI is InChI=1S/C34H34Cl2FN3O5S/c1-3-38-34(42)32(21-24-8-6-5-7-9-24)39(22-25-10-19-30(35)31(36)20-25)33(41)23-40(27-13-15-28(16-14-27)45-4-2)46(43,44)29-17-11-26(37)12-18-29/h5-20,32H,3-4,21-23H2,1-2H3,(H,38,42)/t32-/m1/s1. The molecular formula is C34H34Cl2FN3O5S. The molecule has 1 N–H and O–H groups in total. The van der Waals surface area contributed by atoms with Crippen LogP contribution in [0, 0.1) is 5.82 Å². The first-order chi connectivity index (χ1) is 22.0. The first-order valence-corrected chi connectivity index (χ1v) is 16.8. The van der Waals surface area contributed by atoms with Gasteiger partial charge in [-0.3, -0.25) is 13.9 Å². The van der Waals surface area contributed by atoms with Crippen LogP contribution in [0.25, 0.3) is 0 Å². The molecule has 46 heavy (non-hydrogen) atoms. The quantitative estimate of drug-likeness (QED) is 0.163. The molecule has 0 unspecified atom stereocenters. The summed E-state index contributed by atoms with van der Waals surface area (Å²) in [5.41, 5.74) is 1.56. The molecule has 0 fully saturated rings. The number of nitrogens with one attached hydrogen (secondary N) is 1. The van der Waals surface area contributed by atoms with Gasteiger partial charge in [-0.25, -0.2) is 12.8 Å². The summed E-state index contributed by atoms with van der Waals surface area (Å²) in [7, 11) is -4.39. The lowest BCUT2D eigenvalue weighted by Crippen LogP contribution is -2.53.